The zero-order valence-electron chi connectivity index (χ0n) is 16.7. The second-order valence-electron chi connectivity index (χ2n) is 7.21. The maximum absolute atomic E-state index is 12.5. The van der Waals surface area contributed by atoms with Crippen LogP contribution in [-0.4, -0.2) is 39.9 Å². The van der Waals surface area contributed by atoms with Crippen LogP contribution in [0.4, 0.5) is 0 Å². The normalized spacial score (nSPS) is 15.6. The lowest BCUT2D eigenvalue weighted by atomic mass is 9.74. The van der Waals surface area contributed by atoms with Gasteiger partial charge < -0.3 is 19.5 Å². The minimum Gasteiger partial charge on any atom is -0.497 e. The Morgan fingerprint density at radius 2 is 1.75 bits per heavy atom. The van der Waals surface area contributed by atoms with E-state index in [0.29, 0.717) is 32.6 Å². The van der Waals surface area contributed by atoms with Crippen molar-refractivity contribution in [2.75, 3.05) is 34.0 Å². The van der Waals surface area contributed by atoms with Gasteiger partial charge in [0.1, 0.15) is 11.5 Å². The van der Waals surface area contributed by atoms with E-state index in [2.05, 4.69) is 17.4 Å². The van der Waals surface area contributed by atoms with Crippen molar-refractivity contribution in [2.24, 2.45) is 0 Å². The Hall–Kier alpha value is -2.53. The van der Waals surface area contributed by atoms with E-state index in [0.717, 1.165) is 29.9 Å². The van der Waals surface area contributed by atoms with Crippen LogP contribution in [0.3, 0.4) is 0 Å². The molecule has 0 saturated carbocycles. The number of carbonyl (C=O) groups excluding carboxylic acids is 1. The maximum atomic E-state index is 12.5. The number of hydrogen-bond donors (Lipinski definition) is 1. The second-order valence-corrected chi connectivity index (χ2v) is 7.21. The average Bonchev–Trinajstić information content (AvgIpc) is 2.77. The number of hydrogen-bond acceptors (Lipinski definition) is 4. The molecule has 1 N–H and O–H groups in total. The zero-order valence-corrected chi connectivity index (χ0v) is 16.7. The summed E-state index contributed by atoms with van der Waals surface area (Å²) in [4.78, 5) is 12.5. The van der Waals surface area contributed by atoms with Crippen molar-refractivity contribution >= 4 is 5.91 Å². The Morgan fingerprint density at radius 3 is 2.43 bits per heavy atom. The van der Waals surface area contributed by atoms with Gasteiger partial charge in [-0.15, -0.1) is 0 Å². The third-order valence-corrected chi connectivity index (χ3v) is 5.59. The molecule has 28 heavy (non-hydrogen) atoms. The molecule has 0 unspecified atom stereocenters. The number of methoxy groups -OCH3 is 2. The van der Waals surface area contributed by atoms with Gasteiger partial charge in [0, 0.05) is 31.6 Å². The first-order chi connectivity index (χ1) is 13.7. The van der Waals surface area contributed by atoms with Crippen molar-refractivity contribution in [3.8, 4) is 11.5 Å². The van der Waals surface area contributed by atoms with E-state index < -0.39 is 0 Å². The first-order valence-corrected chi connectivity index (χ1v) is 9.78. The standard InChI is InChI=1S/C23H29NO4/c1-26-20-10-8-19(9-11-20)23(13-15-28-16-14-23)17-24-22(25)12-7-18-5-3-4-6-21(18)27-2/h3-6,8-11H,7,12-17H2,1-2H3,(H,24,25). The van der Waals surface area contributed by atoms with Crippen molar-refractivity contribution in [2.45, 2.75) is 31.1 Å². The van der Waals surface area contributed by atoms with E-state index in [-0.39, 0.29) is 11.3 Å². The van der Waals surface area contributed by atoms with Crippen molar-refractivity contribution in [1.29, 1.82) is 0 Å². The molecule has 3 rings (SSSR count). The first kappa shape index (κ1) is 20.2. The van der Waals surface area contributed by atoms with Crippen LogP contribution in [0.15, 0.2) is 48.5 Å². The van der Waals surface area contributed by atoms with Crippen molar-refractivity contribution in [3.63, 3.8) is 0 Å². The number of ether oxygens (including phenoxy) is 3. The number of para-hydroxylation sites is 1. The topological polar surface area (TPSA) is 56.8 Å². The molecular weight excluding hydrogens is 354 g/mol. The lowest BCUT2D eigenvalue weighted by Crippen LogP contribution is -2.44. The van der Waals surface area contributed by atoms with Crippen LogP contribution in [0.5, 0.6) is 11.5 Å². The quantitative estimate of drug-likeness (QED) is 0.758. The van der Waals surface area contributed by atoms with Crippen molar-refractivity contribution in [3.05, 3.63) is 59.7 Å². The van der Waals surface area contributed by atoms with E-state index in [1.165, 1.54) is 5.56 Å². The highest BCUT2D eigenvalue weighted by Crippen LogP contribution is 2.35. The van der Waals surface area contributed by atoms with Crippen LogP contribution in [0.1, 0.15) is 30.4 Å². The summed E-state index contributed by atoms with van der Waals surface area (Å²) < 4.78 is 16.2. The molecule has 150 valence electrons. The molecule has 1 heterocycles. The van der Waals surface area contributed by atoms with Gasteiger partial charge in [-0.05, 0) is 48.6 Å². The fourth-order valence-electron chi connectivity index (χ4n) is 3.79. The zero-order chi connectivity index (χ0) is 19.8. The molecule has 0 atom stereocenters. The molecule has 1 amide bonds. The average molecular weight is 383 g/mol. The molecule has 5 nitrogen and oxygen atoms in total. The van der Waals surface area contributed by atoms with Gasteiger partial charge in [-0.25, -0.2) is 0 Å². The fourth-order valence-corrected chi connectivity index (χ4v) is 3.79. The molecule has 1 aliphatic heterocycles. The molecule has 1 fully saturated rings. The highest BCUT2D eigenvalue weighted by Gasteiger charge is 2.34. The number of nitrogens with one attached hydrogen (secondary N) is 1. The Kier molecular flexibility index (Phi) is 6.93. The number of amides is 1. The van der Waals surface area contributed by atoms with Gasteiger partial charge >= 0.3 is 0 Å². The molecule has 0 aromatic heterocycles. The SMILES string of the molecule is COc1ccc(C2(CNC(=O)CCc3ccccc3OC)CCOCC2)cc1. The van der Waals surface area contributed by atoms with Crippen LogP contribution in [0.25, 0.3) is 0 Å². The third-order valence-electron chi connectivity index (χ3n) is 5.59. The Labute approximate surface area is 167 Å². The summed E-state index contributed by atoms with van der Waals surface area (Å²) in [6.07, 6.45) is 2.89. The summed E-state index contributed by atoms with van der Waals surface area (Å²) in [5.74, 6) is 1.73. The molecule has 0 aliphatic carbocycles. The van der Waals surface area contributed by atoms with Gasteiger partial charge in [-0.2, -0.15) is 0 Å². The second kappa shape index (κ2) is 9.60. The smallest absolute Gasteiger partial charge is 0.220 e. The predicted octanol–water partition coefficient (Wildman–Crippen LogP) is 3.50. The minimum absolute atomic E-state index is 0.0604. The summed E-state index contributed by atoms with van der Waals surface area (Å²) in [5, 5.41) is 3.16. The lowest BCUT2D eigenvalue weighted by Gasteiger charge is -2.38. The van der Waals surface area contributed by atoms with Gasteiger partial charge in [0.05, 0.1) is 14.2 Å². The number of carbonyl (C=O) groups is 1. The maximum Gasteiger partial charge on any atom is 0.220 e. The van der Waals surface area contributed by atoms with E-state index in [9.17, 15) is 4.79 Å². The van der Waals surface area contributed by atoms with Crippen molar-refractivity contribution in [1.82, 2.24) is 5.32 Å². The van der Waals surface area contributed by atoms with E-state index in [1.807, 2.05) is 36.4 Å². The summed E-state index contributed by atoms with van der Waals surface area (Å²) in [5.41, 5.74) is 2.18. The summed E-state index contributed by atoms with van der Waals surface area (Å²) >= 11 is 0. The summed E-state index contributed by atoms with van der Waals surface area (Å²) in [6, 6.07) is 16.0. The van der Waals surface area contributed by atoms with Gasteiger partial charge in [0.2, 0.25) is 5.91 Å². The van der Waals surface area contributed by atoms with Gasteiger partial charge in [-0.3, -0.25) is 4.79 Å². The Balaban J connectivity index is 1.62. The van der Waals surface area contributed by atoms with Crippen molar-refractivity contribution < 1.29 is 19.0 Å². The minimum atomic E-state index is -0.0926. The Morgan fingerprint density at radius 1 is 1.04 bits per heavy atom. The summed E-state index contributed by atoms with van der Waals surface area (Å²) in [6.45, 7) is 2.04. The predicted molar refractivity (Wildman–Crippen MR) is 109 cm³/mol. The van der Waals surface area contributed by atoms with E-state index in [1.54, 1.807) is 14.2 Å². The largest absolute Gasteiger partial charge is 0.497 e. The Bertz CT molecular complexity index is 766. The number of rotatable bonds is 8. The first-order valence-electron chi connectivity index (χ1n) is 9.78. The molecular formula is C23H29NO4. The molecule has 0 radical (unpaired) electrons. The number of benzene rings is 2. The van der Waals surface area contributed by atoms with E-state index in [4.69, 9.17) is 14.2 Å². The lowest BCUT2D eigenvalue weighted by molar-refractivity contribution is -0.121. The highest BCUT2D eigenvalue weighted by molar-refractivity contribution is 5.76. The van der Waals surface area contributed by atoms with Crippen LogP contribution < -0.4 is 14.8 Å². The molecule has 1 aliphatic rings. The van der Waals surface area contributed by atoms with Gasteiger partial charge in [-0.1, -0.05) is 30.3 Å². The molecule has 0 bridgehead atoms. The molecule has 5 heteroatoms. The fraction of sp³-hybridized carbons (Fsp3) is 0.435. The monoisotopic (exact) mass is 383 g/mol. The third kappa shape index (κ3) is 4.84. The van der Waals surface area contributed by atoms with Gasteiger partial charge in [0.15, 0.2) is 0 Å². The molecule has 1 saturated heterocycles. The van der Waals surface area contributed by atoms with Crippen LogP contribution in [-0.2, 0) is 21.4 Å². The molecule has 2 aromatic carbocycles. The van der Waals surface area contributed by atoms with Crippen LogP contribution in [0.2, 0.25) is 0 Å². The van der Waals surface area contributed by atoms with E-state index >= 15 is 0 Å². The van der Waals surface area contributed by atoms with Crippen LogP contribution in [0, 0.1) is 0 Å². The number of aryl methyl sites for hydroxylation is 1. The molecule has 2 aromatic rings. The van der Waals surface area contributed by atoms with Gasteiger partial charge in [0.25, 0.3) is 0 Å². The highest BCUT2D eigenvalue weighted by atomic mass is 16.5. The summed E-state index contributed by atoms with van der Waals surface area (Å²) in [7, 11) is 3.32. The van der Waals surface area contributed by atoms with Crippen LogP contribution >= 0.6 is 0 Å². The molecule has 0 spiro atoms.